The summed E-state index contributed by atoms with van der Waals surface area (Å²) < 4.78 is 0. The Morgan fingerprint density at radius 3 is 3.21 bits per heavy atom. The summed E-state index contributed by atoms with van der Waals surface area (Å²) in [5.74, 6) is 0. The minimum absolute atomic E-state index is 0.392. The highest BCUT2D eigenvalue weighted by atomic mass is 35.5. The maximum Gasteiger partial charge on any atom is 0.0516 e. The van der Waals surface area contributed by atoms with Gasteiger partial charge in [-0.2, -0.15) is 0 Å². The molecule has 100 valence electrons. The Hall–Kier alpha value is -0.940. The van der Waals surface area contributed by atoms with E-state index in [-0.39, 0.29) is 0 Å². The molecule has 1 fully saturated rings. The van der Waals surface area contributed by atoms with Crippen molar-refractivity contribution in [3.05, 3.63) is 51.4 Å². The lowest BCUT2D eigenvalue weighted by atomic mass is 10.1. The highest BCUT2D eigenvalue weighted by Gasteiger charge is 2.24. The molecule has 3 heterocycles. The van der Waals surface area contributed by atoms with Crippen molar-refractivity contribution in [1.82, 2.24) is 15.2 Å². The van der Waals surface area contributed by atoms with Crippen LogP contribution in [0.15, 0.2) is 36.0 Å². The van der Waals surface area contributed by atoms with Crippen LogP contribution in [0.25, 0.3) is 0 Å². The summed E-state index contributed by atoms with van der Waals surface area (Å²) in [6, 6.07) is 6.61. The second-order valence-corrected chi connectivity index (χ2v) is 6.14. The predicted octanol–water partition coefficient (Wildman–Crippen LogP) is 2.94. The lowest BCUT2D eigenvalue weighted by Crippen LogP contribution is -2.45. The molecule has 0 bridgehead atoms. The van der Waals surface area contributed by atoms with Gasteiger partial charge in [0.1, 0.15) is 0 Å². The average molecular weight is 294 g/mol. The fourth-order valence-corrected chi connectivity index (χ4v) is 3.57. The number of hydrogen-bond donors (Lipinski definition) is 1. The van der Waals surface area contributed by atoms with Crippen LogP contribution in [0.3, 0.4) is 0 Å². The number of rotatable bonds is 3. The zero-order valence-corrected chi connectivity index (χ0v) is 12.1. The Balaban J connectivity index is 1.77. The fourth-order valence-electron chi connectivity index (χ4n) is 2.47. The van der Waals surface area contributed by atoms with Crippen LogP contribution < -0.4 is 5.32 Å². The molecule has 0 radical (unpaired) electrons. The first-order valence-corrected chi connectivity index (χ1v) is 7.66. The minimum atomic E-state index is 0.392. The number of hydrogen-bond acceptors (Lipinski definition) is 4. The Kier molecular flexibility index (Phi) is 4.13. The number of thiophene rings is 1. The van der Waals surface area contributed by atoms with E-state index in [1.807, 2.05) is 23.8 Å². The molecule has 1 atom stereocenters. The van der Waals surface area contributed by atoms with Crippen molar-refractivity contribution < 1.29 is 0 Å². The average Bonchev–Trinajstić information content (AvgIpc) is 2.86. The molecule has 0 saturated carbocycles. The van der Waals surface area contributed by atoms with Crippen LogP contribution in [0.2, 0.25) is 5.02 Å². The van der Waals surface area contributed by atoms with Gasteiger partial charge in [0.15, 0.2) is 0 Å². The number of nitrogens with zero attached hydrogens (tertiary/aromatic N) is 2. The lowest BCUT2D eigenvalue weighted by molar-refractivity contribution is 0.155. The van der Waals surface area contributed by atoms with Gasteiger partial charge in [-0.05, 0) is 17.7 Å². The molecule has 0 aromatic carbocycles. The second kappa shape index (κ2) is 6.01. The number of nitrogens with one attached hydrogen (secondary N) is 1. The zero-order chi connectivity index (χ0) is 13.1. The Bertz CT molecular complexity index is 528. The Labute approximate surface area is 122 Å². The molecule has 1 saturated heterocycles. The highest BCUT2D eigenvalue weighted by molar-refractivity contribution is 7.10. The van der Waals surface area contributed by atoms with Crippen molar-refractivity contribution in [2.45, 2.75) is 12.6 Å². The molecule has 0 spiro atoms. The molecule has 1 N–H and O–H groups in total. The molecule has 1 unspecified atom stereocenters. The van der Waals surface area contributed by atoms with Crippen molar-refractivity contribution in [3.8, 4) is 0 Å². The minimum Gasteiger partial charge on any atom is -0.314 e. The SMILES string of the molecule is Clc1csc(CN2CCNCC2c2cccnc2)c1. The first-order valence-electron chi connectivity index (χ1n) is 6.40. The van der Waals surface area contributed by atoms with Gasteiger partial charge in [0.05, 0.1) is 5.02 Å². The van der Waals surface area contributed by atoms with Crippen molar-refractivity contribution in [2.24, 2.45) is 0 Å². The van der Waals surface area contributed by atoms with E-state index in [1.54, 1.807) is 11.3 Å². The van der Waals surface area contributed by atoms with Gasteiger partial charge >= 0.3 is 0 Å². The van der Waals surface area contributed by atoms with E-state index in [9.17, 15) is 0 Å². The third-order valence-corrected chi connectivity index (χ3v) is 4.67. The quantitative estimate of drug-likeness (QED) is 0.943. The summed E-state index contributed by atoms with van der Waals surface area (Å²) in [7, 11) is 0. The maximum absolute atomic E-state index is 6.00. The third-order valence-electron chi connectivity index (χ3n) is 3.40. The van der Waals surface area contributed by atoms with E-state index in [0.717, 1.165) is 31.2 Å². The molecular weight excluding hydrogens is 278 g/mol. The van der Waals surface area contributed by atoms with Gasteiger partial charge in [-0.25, -0.2) is 0 Å². The zero-order valence-electron chi connectivity index (χ0n) is 10.6. The van der Waals surface area contributed by atoms with E-state index in [0.29, 0.717) is 6.04 Å². The van der Waals surface area contributed by atoms with Gasteiger partial charge in [-0.1, -0.05) is 17.7 Å². The molecule has 0 amide bonds. The highest BCUT2D eigenvalue weighted by Crippen LogP contribution is 2.26. The first kappa shape index (κ1) is 13.1. The van der Waals surface area contributed by atoms with Gasteiger partial charge in [-0.15, -0.1) is 11.3 Å². The molecule has 2 aromatic rings. The van der Waals surface area contributed by atoms with Crippen molar-refractivity contribution in [2.75, 3.05) is 19.6 Å². The maximum atomic E-state index is 6.00. The van der Waals surface area contributed by atoms with E-state index in [1.165, 1.54) is 10.4 Å². The van der Waals surface area contributed by atoms with Gasteiger partial charge in [-0.3, -0.25) is 9.88 Å². The molecule has 1 aliphatic heterocycles. The molecule has 1 aliphatic rings. The Morgan fingerprint density at radius 2 is 2.47 bits per heavy atom. The van der Waals surface area contributed by atoms with E-state index < -0.39 is 0 Å². The van der Waals surface area contributed by atoms with Crippen LogP contribution >= 0.6 is 22.9 Å². The first-order chi connectivity index (χ1) is 9.33. The predicted molar refractivity (Wildman–Crippen MR) is 79.6 cm³/mol. The second-order valence-electron chi connectivity index (χ2n) is 4.71. The summed E-state index contributed by atoms with van der Waals surface area (Å²) in [5, 5.41) is 6.30. The summed E-state index contributed by atoms with van der Waals surface area (Å²) in [6.45, 7) is 4.02. The van der Waals surface area contributed by atoms with E-state index in [4.69, 9.17) is 11.6 Å². The largest absolute Gasteiger partial charge is 0.314 e. The molecule has 19 heavy (non-hydrogen) atoms. The van der Waals surface area contributed by atoms with Crippen molar-refractivity contribution >= 4 is 22.9 Å². The van der Waals surface area contributed by atoms with Crippen molar-refractivity contribution in [3.63, 3.8) is 0 Å². The van der Waals surface area contributed by atoms with Crippen LogP contribution in [0.5, 0.6) is 0 Å². The molecule has 2 aromatic heterocycles. The van der Waals surface area contributed by atoms with Crippen LogP contribution in [0, 0.1) is 0 Å². The smallest absolute Gasteiger partial charge is 0.0516 e. The van der Waals surface area contributed by atoms with Gasteiger partial charge in [0.2, 0.25) is 0 Å². The van der Waals surface area contributed by atoms with Gasteiger partial charge < -0.3 is 5.32 Å². The van der Waals surface area contributed by atoms with E-state index >= 15 is 0 Å². The van der Waals surface area contributed by atoms with Gasteiger partial charge in [0.25, 0.3) is 0 Å². The van der Waals surface area contributed by atoms with Crippen LogP contribution in [-0.4, -0.2) is 29.5 Å². The number of pyridine rings is 1. The number of aromatic nitrogens is 1. The normalized spacial score (nSPS) is 20.6. The summed E-state index contributed by atoms with van der Waals surface area (Å²) in [6.07, 6.45) is 3.79. The summed E-state index contributed by atoms with van der Waals surface area (Å²) >= 11 is 7.73. The topological polar surface area (TPSA) is 28.2 Å². The fraction of sp³-hybridized carbons (Fsp3) is 0.357. The molecular formula is C14H16ClN3S. The van der Waals surface area contributed by atoms with E-state index in [2.05, 4.69) is 27.3 Å². The van der Waals surface area contributed by atoms with Crippen molar-refractivity contribution in [1.29, 1.82) is 0 Å². The van der Waals surface area contributed by atoms with Gasteiger partial charge in [0, 0.05) is 54.9 Å². The molecule has 5 heteroatoms. The molecule has 3 nitrogen and oxygen atoms in total. The summed E-state index contributed by atoms with van der Waals surface area (Å²) in [4.78, 5) is 8.05. The standard InChI is InChI=1S/C14H16ClN3S/c15-12-6-13(19-10-12)9-18-5-4-17-8-14(18)11-2-1-3-16-7-11/h1-3,6-7,10,14,17H,4-5,8-9H2. The van der Waals surface area contributed by atoms with Crippen LogP contribution in [0.4, 0.5) is 0 Å². The van der Waals surface area contributed by atoms with Crippen LogP contribution in [-0.2, 0) is 6.54 Å². The monoisotopic (exact) mass is 293 g/mol. The Morgan fingerprint density at radius 1 is 1.53 bits per heavy atom. The molecule has 0 aliphatic carbocycles. The third kappa shape index (κ3) is 3.15. The number of halogens is 1. The van der Waals surface area contributed by atoms with Crippen LogP contribution in [0.1, 0.15) is 16.5 Å². The summed E-state index contributed by atoms with van der Waals surface area (Å²) in [5.41, 5.74) is 1.28. The number of piperazine rings is 1. The molecule has 3 rings (SSSR count). The lowest BCUT2D eigenvalue weighted by Gasteiger charge is -2.36.